The molecule has 1 atom stereocenters. The molecule has 0 aromatic heterocycles. The van der Waals surface area contributed by atoms with E-state index in [2.05, 4.69) is 5.32 Å². The fourth-order valence-corrected chi connectivity index (χ4v) is 0.897. The third-order valence-corrected chi connectivity index (χ3v) is 1.40. The van der Waals surface area contributed by atoms with Crippen molar-refractivity contribution in [1.29, 1.82) is 0 Å². The van der Waals surface area contributed by atoms with E-state index in [1.54, 1.807) is 0 Å². The van der Waals surface area contributed by atoms with Crippen molar-refractivity contribution in [3.63, 3.8) is 0 Å². The maximum absolute atomic E-state index is 10.8. The lowest BCUT2D eigenvalue weighted by Gasteiger charge is -2.21. The van der Waals surface area contributed by atoms with Gasteiger partial charge < -0.3 is 15.2 Å². The van der Waals surface area contributed by atoms with E-state index in [-0.39, 0.29) is 12.5 Å². The summed E-state index contributed by atoms with van der Waals surface area (Å²) in [6, 6.07) is 0. The highest BCUT2D eigenvalue weighted by molar-refractivity contribution is 5.81. The van der Waals surface area contributed by atoms with Gasteiger partial charge in [0.05, 0.1) is 6.61 Å². The molecule has 58 valence electrons. The molecule has 1 aliphatic heterocycles. The van der Waals surface area contributed by atoms with Gasteiger partial charge in [0.2, 0.25) is 5.91 Å². The van der Waals surface area contributed by atoms with Gasteiger partial charge in [-0.05, 0) is 0 Å². The van der Waals surface area contributed by atoms with Crippen molar-refractivity contribution in [2.45, 2.75) is 12.5 Å². The Balaban J connectivity index is 2.32. The average Bonchev–Trinajstić information content (AvgIpc) is 1.94. The Kier molecular flexibility index (Phi) is 2.65. The smallest absolute Gasteiger partial charge is 0.249 e. The average molecular weight is 145 g/mol. The van der Waals surface area contributed by atoms with Gasteiger partial charge in [-0.1, -0.05) is 0 Å². The Morgan fingerprint density at radius 3 is 3.20 bits per heavy atom. The second-order valence-electron chi connectivity index (χ2n) is 2.16. The highest BCUT2D eigenvalue weighted by Crippen LogP contribution is 2.01. The molecule has 4 heteroatoms. The summed E-state index contributed by atoms with van der Waals surface area (Å²) >= 11 is 0. The van der Waals surface area contributed by atoms with Gasteiger partial charge in [0.15, 0.2) is 0 Å². The van der Waals surface area contributed by atoms with Crippen LogP contribution in [-0.2, 0) is 9.53 Å². The number of nitrogens with one attached hydrogen (secondary N) is 1. The van der Waals surface area contributed by atoms with E-state index in [0.29, 0.717) is 19.6 Å². The van der Waals surface area contributed by atoms with Crippen LogP contribution in [0.15, 0.2) is 0 Å². The van der Waals surface area contributed by atoms with Crippen LogP contribution in [0.3, 0.4) is 0 Å². The second-order valence-corrected chi connectivity index (χ2v) is 2.16. The minimum atomic E-state index is -0.432. The zero-order valence-electron chi connectivity index (χ0n) is 5.67. The number of hydrogen-bond acceptors (Lipinski definition) is 3. The molecule has 2 N–H and O–H groups in total. The molecule has 0 bridgehead atoms. The molecule has 0 radical (unpaired) electrons. The third-order valence-electron chi connectivity index (χ3n) is 1.40. The number of aliphatic hydroxyl groups is 1. The Labute approximate surface area is 59.2 Å². The first-order valence-corrected chi connectivity index (χ1v) is 3.35. The van der Waals surface area contributed by atoms with Crippen LogP contribution in [0.5, 0.6) is 0 Å². The van der Waals surface area contributed by atoms with Gasteiger partial charge in [-0.15, -0.1) is 0 Å². The second kappa shape index (κ2) is 3.53. The molecule has 0 aliphatic carbocycles. The van der Waals surface area contributed by atoms with E-state index in [9.17, 15) is 4.79 Å². The number of rotatable bonds is 2. The van der Waals surface area contributed by atoms with Gasteiger partial charge in [0.1, 0.15) is 6.10 Å². The highest BCUT2D eigenvalue weighted by atomic mass is 16.5. The van der Waals surface area contributed by atoms with Crippen molar-refractivity contribution >= 4 is 5.91 Å². The van der Waals surface area contributed by atoms with Crippen LogP contribution in [0.2, 0.25) is 0 Å². The minimum absolute atomic E-state index is 0.00190. The molecule has 1 heterocycles. The minimum Gasteiger partial charge on any atom is -0.396 e. The summed E-state index contributed by atoms with van der Waals surface area (Å²) in [4.78, 5) is 10.8. The van der Waals surface area contributed by atoms with E-state index in [4.69, 9.17) is 9.84 Å². The summed E-state index contributed by atoms with van der Waals surface area (Å²) in [6.07, 6.45) is -0.0370. The first kappa shape index (κ1) is 7.50. The summed E-state index contributed by atoms with van der Waals surface area (Å²) in [5.41, 5.74) is 0. The predicted molar refractivity (Wildman–Crippen MR) is 34.5 cm³/mol. The predicted octanol–water partition coefficient (Wildman–Crippen LogP) is -1.12. The molecule has 0 aromatic rings. The van der Waals surface area contributed by atoms with Gasteiger partial charge in [0, 0.05) is 19.6 Å². The van der Waals surface area contributed by atoms with Crippen molar-refractivity contribution in [3.05, 3.63) is 0 Å². The largest absolute Gasteiger partial charge is 0.396 e. The van der Waals surface area contributed by atoms with Gasteiger partial charge in [-0.25, -0.2) is 0 Å². The summed E-state index contributed by atoms with van der Waals surface area (Å²) in [5, 5.41) is 11.1. The summed E-state index contributed by atoms with van der Waals surface area (Å²) in [5.74, 6) is -0.111. The Morgan fingerprint density at radius 1 is 1.80 bits per heavy atom. The summed E-state index contributed by atoms with van der Waals surface area (Å²) < 4.78 is 5.06. The maximum atomic E-state index is 10.8. The Morgan fingerprint density at radius 2 is 2.60 bits per heavy atom. The molecule has 1 rings (SSSR count). The monoisotopic (exact) mass is 145 g/mol. The quantitative estimate of drug-likeness (QED) is 0.517. The summed E-state index contributed by atoms with van der Waals surface area (Å²) in [6.45, 7) is 1.13. The molecule has 0 aromatic carbocycles. The Hall–Kier alpha value is -0.610. The lowest BCUT2D eigenvalue weighted by Crippen LogP contribution is -2.44. The lowest BCUT2D eigenvalue weighted by atomic mass is 10.2. The van der Waals surface area contributed by atoms with Crippen LogP contribution in [0.4, 0.5) is 0 Å². The topological polar surface area (TPSA) is 58.6 Å². The van der Waals surface area contributed by atoms with Crippen LogP contribution < -0.4 is 5.32 Å². The van der Waals surface area contributed by atoms with Crippen molar-refractivity contribution in [2.24, 2.45) is 0 Å². The van der Waals surface area contributed by atoms with Crippen LogP contribution in [0.1, 0.15) is 6.42 Å². The summed E-state index contributed by atoms with van der Waals surface area (Å²) in [7, 11) is 0. The molecule has 1 aliphatic rings. The van der Waals surface area contributed by atoms with Crippen molar-refractivity contribution < 1.29 is 14.6 Å². The number of ether oxygens (including phenoxy) is 1. The molecule has 1 saturated heterocycles. The van der Waals surface area contributed by atoms with E-state index in [1.807, 2.05) is 0 Å². The van der Waals surface area contributed by atoms with Gasteiger partial charge in [-0.2, -0.15) is 0 Å². The first-order chi connectivity index (χ1) is 4.84. The Bertz CT molecular complexity index is 124. The number of hydrogen-bond donors (Lipinski definition) is 2. The lowest BCUT2D eigenvalue weighted by molar-refractivity contribution is -0.138. The number of carbonyl (C=O) groups excluding carboxylic acids is 1. The number of carbonyl (C=O) groups is 1. The zero-order valence-corrected chi connectivity index (χ0v) is 5.67. The number of morpholine rings is 1. The van der Waals surface area contributed by atoms with E-state index in [0.717, 1.165) is 0 Å². The van der Waals surface area contributed by atoms with Gasteiger partial charge in [-0.3, -0.25) is 4.79 Å². The maximum Gasteiger partial charge on any atom is 0.249 e. The van der Waals surface area contributed by atoms with E-state index in [1.165, 1.54) is 0 Å². The van der Waals surface area contributed by atoms with E-state index < -0.39 is 6.10 Å². The SMILES string of the molecule is O=C1NCCOC1CCO. The van der Waals surface area contributed by atoms with Crippen molar-refractivity contribution in [2.75, 3.05) is 19.8 Å². The van der Waals surface area contributed by atoms with Gasteiger partial charge >= 0.3 is 0 Å². The van der Waals surface area contributed by atoms with Crippen molar-refractivity contribution in [3.8, 4) is 0 Å². The molecule has 1 amide bonds. The first-order valence-electron chi connectivity index (χ1n) is 3.35. The van der Waals surface area contributed by atoms with Crippen LogP contribution in [0.25, 0.3) is 0 Å². The molecule has 1 fully saturated rings. The van der Waals surface area contributed by atoms with Crippen LogP contribution in [-0.4, -0.2) is 36.9 Å². The number of amides is 1. The van der Waals surface area contributed by atoms with Crippen molar-refractivity contribution in [1.82, 2.24) is 5.32 Å². The zero-order chi connectivity index (χ0) is 7.40. The van der Waals surface area contributed by atoms with Gasteiger partial charge in [0.25, 0.3) is 0 Å². The normalized spacial score (nSPS) is 26.1. The molecule has 0 spiro atoms. The standard InChI is InChI=1S/C6H11NO3/c8-3-1-5-6(9)7-2-4-10-5/h5,8H,1-4H2,(H,7,9). The highest BCUT2D eigenvalue weighted by Gasteiger charge is 2.21. The fourth-order valence-electron chi connectivity index (χ4n) is 0.897. The van der Waals surface area contributed by atoms with Crippen LogP contribution >= 0.6 is 0 Å². The third kappa shape index (κ3) is 1.68. The molecular formula is C6H11NO3. The molecule has 10 heavy (non-hydrogen) atoms. The fraction of sp³-hybridized carbons (Fsp3) is 0.833. The molecule has 4 nitrogen and oxygen atoms in total. The molecule has 0 saturated carbocycles. The van der Waals surface area contributed by atoms with Crippen LogP contribution in [0, 0.1) is 0 Å². The molecular weight excluding hydrogens is 134 g/mol. The number of aliphatic hydroxyl groups excluding tert-OH is 1. The van der Waals surface area contributed by atoms with E-state index >= 15 is 0 Å². The molecule has 1 unspecified atom stereocenters.